The molecule has 2 N–H and O–H groups in total. The van der Waals surface area contributed by atoms with Crippen LogP contribution in [0.15, 0.2) is 24.3 Å². The Bertz CT molecular complexity index is 357. The van der Waals surface area contributed by atoms with E-state index in [0.29, 0.717) is 18.0 Å². The van der Waals surface area contributed by atoms with E-state index in [2.05, 4.69) is 19.2 Å². The summed E-state index contributed by atoms with van der Waals surface area (Å²) in [6.07, 6.45) is 0. The lowest BCUT2D eigenvalue weighted by molar-refractivity contribution is 0.0948. The topological polar surface area (TPSA) is 49.3 Å². The molecule has 0 bridgehead atoms. The smallest absolute Gasteiger partial charge is 0.179 e. The fraction of sp³-hybridized carbons (Fsp3) is 0.500. The Kier molecular flexibility index (Phi) is 5.32. The third-order valence-corrected chi connectivity index (χ3v) is 2.82. The van der Waals surface area contributed by atoms with Gasteiger partial charge in [0.15, 0.2) is 5.78 Å². The molecule has 1 atom stereocenters. The van der Waals surface area contributed by atoms with Crippen LogP contribution in [-0.4, -0.2) is 30.1 Å². The van der Waals surface area contributed by atoms with Crippen LogP contribution in [0.4, 0.5) is 0 Å². The van der Waals surface area contributed by atoms with Crippen LogP contribution in [0.1, 0.15) is 42.6 Å². The standard InChI is InChI=1S/C14H21NO2/c1-10(2)12-4-6-13(7-5-12)14(17)11(3)15-8-9-16/h4-7,10-11,15-16H,8-9H2,1-3H3. The van der Waals surface area contributed by atoms with E-state index in [0.717, 1.165) is 0 Å². The maximum Gasteiger partial charge on any atom is 0.179 e. The predicted octanol–water partition coefficient (Wildman–Crippen LogP) is 1.96. The van der Waals surface area contributed by atoms with Gasteiger partial charge in [0.05, 0.1) is 12.6 Å². The molecule has 17 heavy (non-hydrogen) atoms. The summed E-state index contributed by atoms with van der Waals surface area (Å²) < 4.78 is 0. The molecule has 0 heterocycles. The highest BCUT2D eigenvalue weighted by molar-refractivity contribution is 5.99. The zero-order valence-electron chi connectivity index (χ0n) is 10.7. The van der Waals surface area contributed by atoms with E-state index in [-0.39, 0.29) is 18.4 Å². The number of carbonyl (C=O) groups excluding carboxylic acids is 1. The molecule has 0 aliphatic heterocycles. The normalized spacial score (nSPS) is 12.8. The molecular formula is C14H21NO2. The highest BCUT2D eigenvalue weighted by Crippen LogP contribution is 2.15. The first-order valence-electron chi connectivity index (χ1n) is 6.04. The Balaban J connectivity index is 2.69. The summed E-state index contributed by atoms with van der Waals surface area (Å²) in [5.41, 5.74) is 1.95. The molecule has 0 spiro atoms. The minimum atomic E-state index is -0.257. The van der Waals surface area contributed by atoms with Crippen LogP contribution in [0.3, 0.4) is 0 Å². The van der Waals surface area contributed by atoms with Crippen molar-refractivity contribution in [2.75, 3.05) is 13.2 Å². The molecule has 1 aromatic rings. The molecule has 94 valence electrons. The summed E-state index contributed by atoms with van der Waals surface area (Å²) in [5.74, 6) is 0.540. The maximum atomic E-state index is 12.0. The molecule has 3 nitrogen and oxygen atoms in total. The van der Waals surface area contributed by atoms with Gasteiger partial charge in [-0.15, -0.1) is 0 Å². The molecule has 0 saturated carbocycles. The van der Waals surface area contributed by atoms with E-state index in [9.17, 15) is 4.79 Å². The van der Waals surface area contributed by atoms with Gasteiger partial charge in [0.1, 0.15) is 0 Å². The number of aliphatic hydroxyl groups is 1. The number of hydrogen-bond donors (Lipinski definition) is 2. The Morgan fingerprint density at radius 3 is 2.29 bits per heavy atom. The summed E-state index contributed by atoms with van der Waals surface area (Å²) in [4.78, 5) is 12.0. The van der Waals surface area contributed by atoms with Gasteiger partial charge in [-0.25, -0.2) is 0 Å². The second kappa shape index (κ2) is 6.52. The van der Waals surface area contributed by atoms with Gasteiger partial charge < -0.3 is 10.4 Å². The minimum absolute atomic E-state index is 0.0455. The van der Waals surface area contributed by atoms with Crippen molar-refractivity contribution in [1.29, 1.82) is 0 Å². The van der Waals surface area contributed by atoms with Gasteiger partial charge in [-0.1, -0.05) is 38.1 Å². The molecule has 1 rings (SSSR count). The van der Waals surface area contributed by atoms with Gasteiger partial charge in [-0.05, 0) is 18.4 Å². The number of Topliss-reactive ketones (excluding diaryl/α,β-unsaturated/α-hetero) is 1. The van der Waals surface area contributed by atoms with E-state index in [1.165, 1.54) is 5.56 Å². The van der Waals surface area contributed by atoms with Crippen molar-refractivity contribution in [1.82, 2.24) is 5.32 Å². The zero-order chi connectivity index (χ0) is 12.8. The summed E-state index contributed by atoms with van der Waals surface area (Å²) in [7, 11) is 0. The Hall–Kier alpha value is -1.19. The largest absolute Gasteiger partial charge is 0.395 e. The molecule has 0 radical (unpaired) electrons. The molecule has 0 saturated heterocycles. The van der Waals surface area contributed by atoms with E-state index >= 15 is 0 Å². The summed E-state index contributed by atoms with van der Waals surface area (Å²) in [6.45, 7) is 6.56. The number of rotatable bonds is 6. The number of carbonyl (C=O) groups is 1. The molecule has 3 heteroatoms. The number of nitrogens with one attached hydrogen (secondary N) is 1. The minimum Gasteiger partial charge on any atom is -0.395 e. The van der Waals surface area contributed by atoms with Crippen LogP contribution in [-0.2, 0) is 0 Å². The molecule has 1 unspecified atom stereocenters. The van der Waals surface area contributed by atoms with Crippen molar-refractivity contribution in [3.05, 3.63) is 35.4 Å². The first kappa shape index (κ1) is 13.9. The molecule has 0 fully saturated rings. The zero-order valence-corrected chi connectivity index (χ0v) is 10.7. The average molecular weight is 235 g/mol. The summed E-state index contributed by atoms with van der Waals surface area (Å²) in [5, 5.41) is 11.7. The number of benzene rings is 1. The first-order chi connectivity index (χ1) is 8.06. The van der Waals surface area contributed by atoms with Gasteiger partial charge in [0.25, 0.3) is 0 Å². The third-order valence-electron chi connectivity index (χ3n) is 2.82. The second-order valence-electron chi connectivity index (χ2n) is 4.54. The average Bonchev–Trinajstić information content (AvgIpc) is 2.35. The highest BCUT2D eigenvalue weighted by atomic mass is 16.3. The van der Waals surface area contributed by atoms with Gasteiger partial charge in [-0.3, -0.25) is 4.79 Å². The lowest BCUT2D eigenvalue weighted by Crippen LogP contribution is -2.35. The number of hydrogen-bond acceptors (Lipinski definition) is 3. The molecular weight excluding hydrogens is 214 g/mol. The predicted molar refractivity (Wildman–Crippen MR) is 69.4 cm³/mol. The number of ketones is 1. The molecule has 0 aliphatic rings. The summed E-state index contributed by atoms with van der Waals surface area (Å²) in [6, 6.07) is 7.48. The van der Waals surface area contributed by atoms with Gasteiger partial charge in [0.2, 0.25) is 0 Å². The SMILES string of the molecule is CC(NCCO)C(=O)c1ccc(C(C)C)cc1. The van der Waals surface area contributed by atoms with Crippen molar-refractivity contribution in [2.45, 2.75) is 32.7 Å². The molecule has 1 aromatic carbocycles. The monoisotopic (exact) mass is 235 g/mol. The fourth-order valence-electron chi connectivity index (χ4n) is 1.66. The Labute approximate surface area is 103 Å². The highest BCUT2D eigenvalue weighted by Gasteiger charge is 2.14. The Morgan fingerprint density at radius 1 is 1.24 bits per heavy atom. The molecule has 0 amide bonds. The lowest BCUT2D eigenvalue weighted by Gasteiger charge is -2.12. The van der Waals surface area contributed by atoms with Crippen molar-refractivity contribution < 1.29 is 9.90 Å². The maximum absolute atomic E-state index is 12.0. The van der Waals surface area contributed by atoms with Crippen LogP contribution >= 0.6 is 0 Å². The van der Waals surface area contributed by atoms with Crippen LogP contribution < -0.4 is 5.32 Å². The first-order valence-corrected chi connectivity index (χ1v) is 6.04. The van der Waals surface area contributed by atoms with Crippen LogP contribution in [0.5, 0.6) is 0 Å². The second-order valence-corrected chi connectivity index (χ2v) is 4.54. The van der Waals surface area contributed by atoms with Gasteiger partial charge in [-0.2, -0.15) is 0 Å². The van der Waals surface area contributed by atoms with Gasteiger partial charge in [0, 0.05) is 12.1 Å². The fourth-order valence-corrected chi connectivity index (χ4v) is 1.66. The quantitative estimate of drug-likeness (QED) is 0.741. The van der Waals surface area contributed by atoms with Crippen molar-refractivity contribution >= 4 is 5.78 Å². The number of aliphatic hydroxyl groups excluding tert-OH is 1. The molecule has 0 aliphatic carbocycles. The van der Waals surface area contributed by atoms with Crippen molar-refractivity contribution in [3.8, 4) is 0 Å². The van der Waals surface area contributed by atoms with Gasteiger partial charge >= 0.3 is 0 Å². The van der Waals surface area contributed by atoms with Crippen LogP contribution in [0.2, 0.25) is 0 Å². The van der Waals surface area contributed by atoms with Crippen LogP contribution in [0, 0.1) is 0 Å². The van der Waals surface area contributed by atoms with E-state index in [1.54, 1.807) is 0 Å². The van der Waals surface area contributed by atoms with Crippen molar-refractivity contribution in [2.24, 2.45) is 0 Å². The molecule has 0 aromatic heterocycles. The summed E-state index contributed by atoms with van der Waals surface area (Å²) >= 11 is 0. The van der Waals surface area contributed by atoms with E-state index < -0.39 is 0 Å². The van der Waals surface area contributed by atoms with Crippen molar-refractivity contribution in [3.63, 3.8) is 0 Å². The Morgan fingerprint density at radius 2 is 1.82 bits per heavy atom. The van der Waals surface area contributed by atoms with E-state index in [4.69, 9.17) is 5.11 Å². The third kappa shape index (κ3) is 3.95. The van der Waals surface area contributed by atoms with E-state index in [1.807, 2.05) is 31.2 Å². The van der Waals surface area contributed by atoms with Crippen LogP contribution in [0.25, 0.3) is 0 Å². The lowest BCUT2D eigenvalue weighted by atomic mass is 9.99.